The maximum atomic E-state index is 4.13. The van der Waals surface area contributed by atoms with Gasteiger partial charge in [0.05, 0.1) is 0 Å². The van der Waals surface area contributed by atoms with Crippen molar-refractivity contribution >= 4 is 0 Å². The summed E-state index contributed by atoms with van der Waals surface area (Å²) >= 11 is 0. The van der Waals surface area contributed by atoms with E-state index in [4.69, 9.17) is 0 Å². The first kappa shape index (κ1) is 13.1. The van der Waals surface area contributed by atoms with E-state index in [2.05, 4.69) is 33.8 Å². The van der Waals surface area contributed by atoms with Crippen LogP contribution in [0, 0.1) is 0 Å². The second-order valence-electron chi connectivity index (χ2n) is 4.43. The molecule has 0 aliphatic carbocycles. The number of aromatic nitrogens is 4. The van der Waals surface area contributed by atoms with Crippen molar-refractivity contribution in [3.05, 3.63) is 60.9 Å². The Kier molecular flexibility index (Phi) is 4.50. The van der Waals surface area contributed by atoms with Crippen LogP contribution < -0.4 is 0 Å². The van der Waals surface area contributed by atoms with E-state index < -0.39 is 0 Å². The molecule has 0 unspecified atom stereocenters. The molecule has 3 rings (SSSR count). The fraction of sp³-hybridized carbons (Fsp3) is 0.200. The molecule has 19 heavy (non-hydrogen) atoms. The number of nitrogens with one attached hydrogen (secondary N) is 2. The Morgan fingerprint density at radius 1 is 0.895 bits per heavy atom. The molecule has 0 saturated carbocycles. The van der Waals surface area contributed by atoms with Gasteiger partial charge in [-0.1, -0.05) is 44.2 Å². The third-order valence-corrected chi connectivity index (χ3v) is 2.61. The molecule has 0 spiro atoms. The molecule has 1 aromatic carbocycles. The van der Waals surface area contributed by atoms with Crippen LogP contribution in [-0.2, 0) is 0 Å². The van der Waals surface area contributed by atoms with E-state index in [-0.39, 0.29) is 0 Å². The Hall–Kier alpha value is -2.36. The van der Waals surface area contributed by atoms with Crippen LogP contribution in [0.4, 0.5) is 0 Å². The molecule has 0 saturated heterocycles. The van der Waals surface area contributed by atoms with Gasteiger partial charge in [0.25, 0.3) is 0 Å². The number of benzene rings is 1. The van der Waals surface area contributed by atoms with Crippen LogP contribution in [0.2, 0.25) is 0 Å². The first-order valence-electron chi connectivity index (χ1n) is 6.31. The summed E-state index contributed by atoms with van der Waals surface area (Å²) in [6, 6.07) is 10.0. The van der Waals surface area contributed by atoms with E-state index in [0.717, 1.165) is 17.2 Å². The molecule has 2 heterocycles. The number of aromatic amines is 2. The quantitative estimate of drug-likeness (QED) is 0.734. The summed E-state index contributed by atoms with van der Waals surface area (Å²) in [4.78, 5) is 14.3. The van der Waals surface area contributed by atoms with Gasteiger partial charge in [0.1, 0.15) is 11.6 Å². The lowest BCUT2D eigenvalue weighted by atomic mass is 10.2. The van der Waals surface area contributed by atoms with Crippen LogP contribution in [0.3, 0.4) is 0 Å². The maximum absolute atomic E-state index is 4.13. The topological polar surface area (TPSA) is 57.4 Å². The fourth-order valence-corrected chi connectivity index (χ4v) is 1.61. The Bertz CT molecular complexity index is 553. The number of hydrogen-bond donors (Lipinski definition) is 2. The molecule has 98 valence electrons. The SMILES string of the molecule is CC(C)c1ncc[nH]1.c1ccc(-c2ncc[nH]2)cc1. The molecule has 3 aromatic rings. The lowest BCUT2D eigenvalue weighted by Gasteiger charge is -1.95. The van der Waals surface area contributed by atoms with Crippen molar-refractivity contribution < 1.29 is 0 Å². The molecule has 0 aliphatic rings. The van der Waals surface area contributed by atoms with Crippen molar-refractivity contribution in [1.82, 2.24) is 19.9 Å². The molecule has 0 atom stereocenters. The predicted octanol–water partition coefficient (Wildman–Crippen LogP) is 3.61. The third-order valence-electron chi connectivity index (χ3n) is 2.61. The number of imidazole rings is 2. The van der Waals surface area contributed by atoms with Gasteiger partial charge in [-0.2, -0.15) is 0 Å². The predicted molar refractivity (Wildman–Crippen MR) is 76.7 cm³/mol. The minimum Gasteiger partial charge on any atom is -0.348 e. The van der Waals surface area contributed by atoms with Crippen molar-refractivity contribution in [1.29, 1.82) is 0 Å². The summed E-state index contributed by atoms with van der Waals surface area (Å²) in [6.45, 7) is 4.22. The maximum Gasteiger partial charge on any atom is 0.137 e. The number of hydrogen-bond acceptors (Lipinski definition) is 2. The van der Waals surface area contributed by atoms with Gasteiger partial charge in [0.15, 0.2) is 0 Å². The molecular formula is C15H18N4. The second-order valence-corrected chi connectivity index (χ2v) is 4.43. The molecular weight excluding hydrogens is 236 g/mol. The van der Waals surface area contributed by atoms with Gasteiger partial charge >= 0.3 is 0 Å². The zero-order valence-electron chi connectivity index (χ0n) is 11.2. The molecule has 2 aromatic heterocycles. The van der Waals surface area contributed by atoms with E-state index in [1.165, 1.54) is 0 Å². The highest BCUT2D eigenvalue weighted by Gasteiger charge is 1.97. The zero-order chi connectivity index (χ0) is 13.5. The van der Waals surface area contributed by atoms with E-state index in [9.17, 15) is 0 Å². The second kappa shape index (κ2) is 6.54. The van der Waals surface area contributed by atoms with Crippen LogP contribution in [0.25, 0.3) is 11.4 Å². The van der Waals surface area contributed by atoms with Crippen molar-refractivity contribution in [3.63, 3.8) is 0 Å². The van der Waals surface area contributed by atoms with Crippen molar-refractivity contribution in [2.24, 2.45) is 0 Å². The molecule has 0 amide bonds. The summed E-state index contributed by atoms with van der Waals surface area (Å²) in [5.41, 5.74) is 1.12. The van der Waals surface area contributed by atoms with Gasteiger partial charge in [0.2, 0.25) is 0 Å². The lowest BCUT2D eigenvalue weighted by Crippen LogP contribution is -1.87. The average molecular weight is 254 g/mol. The summed E-state index contributed by atoms with van der Waals surface area (Å²) < 4.78 is 0. The van der Waals surface area contributed by atoms with Gasteiger partial charge in [-0.05, 0) is 0 Å². The van der Waals surface area contributed by atoms with Crippen LogP contribution in [0.1, 0.15) is 25.6 Å². The highest BCUT2D eigenvalue weighted by molar-refractivity contribution is 5.53. The highest BCUT2D eigenvalue weighted by atomic mass is 14.9. The monoisotopic (exact) mass is 254 g/mol. The summed E-state index contributed by atoms with van der Waals surface area (Å²) in [5.74, 6) is 2.50. The first-order valence-corrected chi connectivity index (χ1v) is 6.31. The van der Waals surface area contributed by atoms with Gasteiger partial charge < -0.3 is 9.97 Å². The van der Waals surface area contributed by atoms with Crippen LogP contribution in [0.15, 0.2) is 55.1 Å². The van der Waals surface area contributed by atoms with Crippen molar-refractivity contribution in [3.8, 4) is 11.4 Å². The van der Waals surface area contributed by atoms with E-state index >= 15 is 0 Å². The fourth-order valence-electron chi connectivity index (χ4n) is 1.61. The van der Waals surface area contributed by atoms with Crippen LogP contribution in [0.5, 0.6) is 0 Å². The van der Waals surface area contributed by atoms with Gasteiger partial charge in [-0.15, -0.1) is 0 Å². The standard InChI is InChI=1S/C9H8N2.C6H10N2/c1-2-4-8(5-3-1)9-10-6-7-11-9;1-5(2)6-7-3-4-8-6/h1-7H,(H,10,11);3-5H,1-2H3,(H,7,8). The van der Waals surface area contributed by atoms with E-state index in [1.54, 1.807) is 12.4 Å². The smallest absolute Gasteiger partial charge is 0.137 e. The summed E-state index contributed by atoms with van der Waals surface area (Å²) in [7, 11) is 0. The highest BCUT2D eigenvalue weighted by Crippen LogP contribution is 2.11. The van der Waals surface area contributed by atoms with Gasteiger partial charge in [-0.25, -0.2) is 9.97 Å². The number of rotatable bonds is 2. The average Bonchev–Trinajstić information content (AvgIpc) is 3.14. The molecule has 0 radical (unpaired) electrons. The van der Waals surface area contributed by atoms with Gasteiger partial charge in [-0.3, -0.25) is 0 Å². The molecule has 2 N–H and O–H groups in total. The van der Waals surface area contributed by atoms with E-state index in [1.807, 2.05) is 42.7 Å². The first-order chi connectivity index (χ1) is 9.27. The largest absolute Gasteiger partial charge is 0.348 e. The molecule has 4 nitrogen and oxygen atoms in total. The normalized spacial score (nSPS) is 10.1. The summed E-state index contributed by atoms with van der Waals surface area (Å²) in [6.07, 6.45) is 7.19. The lowest BCUT2D eigenvalue weighted by molar-refractivity contribution is 0.794. The Morgan fingerprint density at radius 2 is 1.58 bits per heavy atom. The summed E-state index contributed by atoms with van der Waals surface area (Å²) in [5, 5.41) is 0. The third kappa shape index (κ3) is 3.81. The Balaban J connectivity index is 0.000000148. The Morgan fingerprint density at radius 3 is 2.05 bits per heavy atom. The molecule has 4 heteroatoms. The molecule has 0 aliphatic heterocycles. The van der Waals surface area contributed by atoms with Crippen molar-refractivity contribution in [2.75, 3.05) is 0 Å². The van der Waals surface area contributed by atoms with E-state index in [0.29, 0.717) is 5.92 Å². The molecule has 0 bridgehead atoms. The van der Waals surface area contributed by atoms with Crippen molar-refractivity contribution in [2.45, 2.75) is 19.8 Å². The minimum absolute atomic E-state index is 0.519. The van der Waals surface area contributed by atoms with Gasteiger partial charge in [0, 0.05) is 36.3 Å². The number of H-pyrrole nitrogens is 2. The van der Waals surface area contributed by atoms with Crippen LogP contribution >= 0.6 is 0 Å². The molecule has 0 fully saturated rings. The Labute approximate surface area is 113 Å². The number of nitrogens with zero attached hydrogens (tertiary/aromatic N) is 2. The van der Waals surface area contributed by atoms with Crippen LogP contribution in [-0.4, -0.2) is 19.9 Å². The zero-order valence-corrected chi connectivity index (χ0v) is 11.2. The minimum atomic E-state index is 0.519.